The summed E-state index contributed by atoms with van der Waals surface area (Å²) in [7, 11) is 0. The van der Waals surface area contributed by atoms with Crippen LogP contribution in [0, 0.1) is 0 Å². The van der Waals surface area contributed by atoms with Crippen LogP contribution in [0.3, 0.4) is 0 Å². The first-order valence-corrected chi connectivity index (χ1v) is 11.7. The van der Waals surface area contributed by atoms with Crippen molar-refractivity contribution in [3.05, 3.63) is 96.0 Å². The van der Waals surface area contributed by atoms with Gasteiger partial charge in [-0.2, -0.15) is 0 Å². The minimum absolute atomic E-state index is 0.743. The average Bonchev–Trinajstić information content (AvgIpc) is 3.20. The molecule has 0 aliphatic carbocycles. The summed E-state index contributed by atoms with van der Waals surface area (Å²) >= 11 is 7.78. The first-order valence-electron chi connectivity index (χ1n) is 10.5. The van der Waals surface area contributed by atoms with Gasteiger partial charge in [-0.3, -0.25) is 0 Å². The molecule has 0 aliphatic rings. The zero-order valence-electron chi connectivity index (χ0n) is 16.8. The highest BCUT2D eigenvalue weighted by Gasteiger charge is 2.15. The first kappa shape index (κ1) is 18.1. The summed E-state index contributed by atoms with van der Waals surface area (Å²) in [6.45, 7) is 0. The molecule has 150 valence electrons. The van der Waals surface area contributed by atoms with Gasteiger partial charge >= 0.3 is 0 Å². The number of benzene rings is 5. The summed E-state index contributed by atoms with van der Waals surface area (Å²) in [5, 5.41) is 6.61. The zero-order chi connectivity index (χ0) is 21.2. The van der Waals surface area contributed by atoms with Crippen molar-refractivity contribution < 1.29 is 0 Å². The molecule has 7 aromatic rings. The number of aromatic nitrogens is 2. The maximum absolute atomic E-state index is 6.08. The molecule has 0 saturated carbocycles. The molecule has 0 N–H and O–H groups in total. The van der Waals surface area contributed by atoms with Crippen LogP contribution in [-0.2, 0) is 0 Å². The van der Waals surface area contributed by atoms with Crippen LogP contribution >= 0.6 is 22.9 Å². The van der Waals surface area contributed by atoms with E-state index in [1.807, 2.05) is 12.1 Å². The number of nitrogens with zero attached hydrogens (tertiary/aromatic N) is 2. The highest BCUT2D eigenvalue weighted by molar-refractivity contribution is 7.25. The van der Waals surface area contributed by atoms with Crippen LogP contribution in [-0.4, -0.2) is 9.97 Å². The van der Waals surface area contributed by atoms with Crippen LogP contribution < -0.4 is 0 Å². The Morgan fingerprint density at radius 2 is 1.12 bits per heavy atom. The normalized spacial score (nSPS) is 11.9. The Hall–Kier alpha value is -3.53. The van der Waals surface area contributed by atoms with Crippen molar-refractivity contribution in [3.8, 4) is 11.1 Å². The van der Waals surface area contributed by atoms with Crippen LogP contribution in [0.15, 0.2) is 91.0 Å². The number of rotatable bonds is 1. The minimum atomic E-state index is 0.743. The number of thiophene rings is 1. The summed E-state index contributed by atoms with van der Waals surface area (Å²) in [4.78, 5) is 11.3. The van der Waals surface area contributed by atoms with Crippen molar-refractivity contribution in [2.75, 3.05) is 0 Å². The smallest absolute Gasteiger partial charge is 0.143 e. The topological polar surface area (TPSA) is 25.8 Å². The summed E-state index contributed by atoms with van der Waals surface area (Å²) < 4.78 is 1.20. The lowest BCUT2D eigenvalue weighted by Gasteiger charge is -2.09. The van der Waals surface area contributed by atoms with Crippen molar-refractivity contribution in [2.45, 2.75) is 0 Å². The Bertz CT molecular complexity index is 1830. The number of hydrogen-bond acceptors (Lipinski definition) is 3. The zero-order valence-corrected chi connectivity index (χ0v) is 18.4. The van der Waals surface area contributed by atoms with Gasteiger partial charge in [0.15, 0.2) is 0 Å². The van der Waals surface area contributed by atoms with Gasteiger partial charge in [0.25, 0.3) is 0 Å². The van der Waals surface area contributed by atoms with Crippen LogP contribution in [0.2, 0.25) is 5.02 Å². The Morgan fingerprint density at radius 3 is 1.81 bits per heavy atom. The summed E-state index contributed by atoms with van der Waals surface area (Å²) in [6.07, 6.45) is 0. The highest BCUT2D eigenvalue weighted by Crippen LogP contribution is 2.39. The molecule has 2 nitrogen and oxygen atoms in total. The minimum Gasteiger partial charge on any atom is -0.242 e. The van der Waals surface area contributed by atoms with Crippen LogP contribution in [0.4, 0.5) is 0 Å². The second kappa shape index (κ2) is 6.73. The highest BCUT2D eigenvalue weighted by atomic mass is 35.5. The molecule has 2 heterocycles. The standard InChI is InChI=1S/C28H15ClN2S/c29-18-12-9-16(10-13-18)17-11-14-24-23(15-17)27-28(32-24)31-26-22-8-4-2-6-20(22)19-5-1-3-7-21(19)25(26)30-27/h1-15H. The molecule has 7 rings (SSSR count). The summed E-state index contributed by atoms with van der Waals surface area (Å²) in [5.74, 6) is 0. The third-order valence-electron chi connectivity index (χ3n) is 6.14. The van der Waals surface area contributed by atoms with Crippen LogP contribution in [0.25, 0.3) is 64.1 Å². The molecule has 0 bridgehead atoms. The van der Waals surface area contributed by atoms with Gasteiger partial charge in [0.1, 0.15) is 10.3 Å². The van der Waals surface area contributed by atoms with Crippen LogP contribution in [0.1, 0.15) is 0 Å². The molecule has 0 fully saturated rings. The average molecular weight is 447 g/mol. The van der Waals surface area contributed by atoms with Crippen LogP contribution in [0.5, 0.6) is 0 Å². The van der Waals surface area contributed by atoms with E-state index in [0.717, 1.165) is 53.7 Å². The summed E-state index contributed by atoms with van der Waals surface area (Å²) in [6, 6.07) is 31.5. The lowest BCUT2D eigenvalue weighted by Crippen LogP contribution is -1.89. The van der Waals surface area contributed by atoms with Crippen molar-refractivity contribution in [2.24, 2.45) is 0 Å². The molecule has 32 heavy (non-hydrogen) atoms. The third-order valence-corrected chi connectivity index (χ3v) is 7.44. The van der Waals surface area contributed by atoms with E-state index in [2.05, 4.69) is 78.9 Å². The second-order valence-electron chi connectivity index (χ2n) is 7.99. The largest absolute Gasteiger partial charge is 0.242 e. The quantitative estimate of drug-likeness (QED) is 0.236. The fraction of sp³-hybridized carbons (Fsp3) is 0. The molecule has 2 aromatic heterocycles. The summed E-state index contributed by atoms with van der Waals surface area (Å²) in [5.41, 5.74) is 5.19. The molecular weight excluding hydrogens is 432 g/mol. The molecule has 0 radical (unpaired) electrons. The maximum Gasteiger partial charge on any atom is 0.143 e. The molecule has 0 atom stereocenters. The Kier molecular flexibility index (Phi) is 3.80. The van der Waals surface area contributed by atoms with Gasteiger partial charge in [0.2, 0.25) is 0 Å². The van der Waals surface area contributed by atoms with E-state index >= 15 is 0 Å². The lowest BCUT2D eigenvalue weighted by atomic mass is 9.99. The lowest BCUT2D eigenvalue weighted by molar-refractivity contribution is 1.46. The van der Waals surface area contributed by atoms with Crippen molar-refractivity contribution in [1.29, 1.82) is 0 Å². The van der Waals surface area contributed by atoms with Gasteiger partial charge in [-0.15, -0.1) is 11.3 Å². The molecule has 0 spiro atoms. The second-order valence-corrected chi connectivity index (χ2v) is 9.45. The van der Waals surface area contributed by atoms with E-state index in [9.17, 15) is 0 Å². The molecule has 0 amide bonds. The fourth-order valence-corrected chi connectivity index (χ4v) is 5.75. The fourth-order valence-electron chi connectivity index (χ4n) is 4.62. The predicted octanol–water partition coefficient (Wildman–Crippen LogP) is 8.62. The molecule has 0 unspecified atom stereocenters. The molecular formula is C28H15ClN2S. The van der Waals surface area contributed by atoms with Crippen molar-refractivity contribution in [1.82, 2.24) is 9.97 Å². The van der Waals surface area contributed by atoms with Gasteiger partial charge in [0, 0.05) is 25.9 Å². The molecule has 4 heteroatoms. The van der Waals surface area contributed by atoms with E-state index in [1.54, 1.807) is 11.3 Å². The maximum atomic E-state index is 6.08. The molecule has 0 aliphatic heterocycles. The Labute approximate surface area is 192 Å². The first-order chi connectivity index (χ1) is 15.8. The Morgan fingerprint density at radius 1 is 0.531 bits per heavy atom. The number of hydrogen-bond donors (Lipinski definition) is 0. The van der Waals surface area contributed by atoms with Gasteiger partial charge in [-0.25, -0.2) is 9.97 Å². The van der Waals surface area contributed by atoms with E-state index in [4.69, 9.17) is 21.6 Å². The molecule has 5 aromatic carbocycles. The Balaban J connectivity index is 1.60. The van der Waals surface area contributed by atoms with Gasteiger partial charge < -0.3 is 0 Å². The van der Waals surface area contributed by atoms with E-state index in [0.29, 0.717) is 0 Å². The SMILES string of the molecule is Clc1ccc(-c2ccc3sc4nc5c6ccccc6c6ccccc6c5nc4c3c2)cc1. The van der Waals surface area contributed by atoms with E-state index in [-0.39, 0.29) is 0 Å². The van der Waals surface area contributed by atoms with Gasteiger partial charge in [-0.1, -0.05) is 78.3 Å². The van der Waals surface area contributed by atoms with E-state index < -0.39 is 0 Å². The monoisotopic (exact) mass is 446 g/mol. The number of halogens is 1. The number of fused-ring (bicyclic) bond motifs is 9. The predicted molar refractivity (Wildman–Crippen MR) is 138 cm³/mol. The van der Waals surface area contributed by atoms with E-state index in [1.165, 1.54) is 15.5 Å². The van der Waals surface area contributed by atoms with Gasteiger partial charge in [0.05, 0.1) is 11.0 Å². The van der Waals surface area contributed by atoms with Crippen molar-refractivity contribution >= 4 is 75.9 Å². The van der Waals surface area contributed by atoms with Crippen molar-refractivity contribution in [3.63, 3.8) is 0 Å². The third kappa shape index (κ3) is 2.59. The molecule has 0 saturated heterocycles. The van der Waals surface area contributed by atoms with Gasteiger partial charge in [-0.05, 0) is 46.2 Å².